The van der Waals surface area contributed by atoms with Gasteiger partial charge in [-0.1, -0.05) is 6.07 Å². The number of hydrogen-bond donors (Lipinski definition) is 0. The number of rotatable bonds is 0. The van der Waals surface area contributed by atoms with E-state index in [2.05, 4.69) is 14.9 Å². The summed E-state index contributed by atoms with van der Waals surface area (Å²) in [6, 6.07) is 5.72. The summed E-state index contributed by atoms with van der Waals surface area (Å²) in [6.07, 6.45) is 7.34. The maximum atomic E-state index is 4.43. The highest BCUT2D eigenvalue weighted by Crippen LogP contribution is 2.14. The molecule has 2 aliphatic rings. The Kier molecular flexibility index (Phi) is 3.71. The molecule has 80 valence electrons. The van der Waals surface area contributed by atoms with Crippen LogP contribution in [-0.4, -0.2) is 35.4 Å². The third-order valence-corrected chi connectivity index (χ3v) is 2.64. The molecule has 0 spiro atoms. The summed E-state index contributed by atoms with van der Waals surface area (Å²) in [6.45, 7) is 3.60. The Labute approximate surface area is 90.9 Å². The van der Waals surface area contributed by atoms with Gasteiger partial charge in [-0.15, -0.1) is 0 Å². The van der Waals surface area contributed by atoms with Crippen molar-refractivity contribution in [2.45, 2.75) is 19.3 Å². The van der Waals surface area contributed by atoms with E-state index in [0.717, 1.165) is 6.54 Å². The summed E-state index contributed by atoms with van der Waals surface area (Å²) in [4.78, 5) is 10.6. The summed E-state index contributed by atoms with van der Waals surface area (Å²) in [5, 5.41) is 0. The second-order valence-corrected chi connectivity index (χ2v) is 3.77. The average Bonchev–Trinajstić information content (AvgIpc) is 2.80. The van der Waals surface area contributed by atoms with Crippen molar-refractivity contribution >= 4 is 5.84 Å². The van der Waals surface area contributed by atoms with Crippen LogP contribution >= 0.6 is 0 Å². The fourth-order valence-corrected chi connectivity index (χ4v) is 1.92. The predicted molar refractivity (Wildman–Crippen MR) is 62.0 cm³/mol. The smallest absolute Gasteiger partial charge is 0.0989 e. The molecular formula is C12H17N3. The second kappa shape index (κ2) is 5.49. The van der Waals surface area contributed by atoms with Crippen molar-refractivity contribution in [3.8, 4) is 0 Å². The highest BCUT2D eigenvalue weighted by molar-refractivity contribution is 5.84. The number of amidine groups is 1. The van der Waals surface area contributed by atoms with Gasteiger partial charge in [-0.2, -0.15) is 0 Å². The predicted octanol–water partition coefficient (Wildman–Crippen LogP) is 1.97. The van der Waals surface area contributed by atoms with Gasteiger partial charge < -0.3 is 4.90 Å². The van der Waals surface area contributed by atoms with Gasteiger partial charge >= 0.3 is 0 Å². The molecule has 0 unspecified atom stereocenters. The molecule has 3 nitrogen and oxygen atoms in total. The van der Waals surface area contributed by atoms with Gasteiger partial charge in [0, 0.05) is 38.4 Å². The molecule has 1 aromatic heterocycles. The second-order valence-electron chi connectivity index (χ2n) is 3.77. The fourth-order valence-electron chi connectivity index (χ4n) is 1.92. The summed E-state index contributed by atoms with van der Waals surface area (Å²) >= 11 is 0. The van der Waals surface area contributed by atoms with Gasteiger partial charge in [0.15, 0.2) is 0 Å². The molecule has 3 heterocycles. The molecule has 0 aliphatic carbocycles. The molecule has 1 aromatic rings. The molecule has 3 rings (SSSR count). The molecular weight excluding hydrogens is 186 g/mol. The van der Waals surface area contributed by atoms with E-state index in [1.54, 1.807) is 12.4 Å². The first-order valence-electron chi connectivity index (χ1n) is 5.60. The van der Waals surface area contributed by atoms with E-state index in [0.29, 0.717) is 0 Å². The molecule has 0 radical (unpaired) electrons. The third kappa shape index (κ3) is 3.05. The quantitative estimate of drug-likeness (QED) is 0.645. The van der Waals surface area contributed by atoms with E-state index in [4.69, 9.17) is 0 Å². The summed E-state index contributed by atoms with van der Waals surface area (Å²) in [5.41, 5.74) is 0. The van der Waals surface area contributed by atoms with Gasteiger partial charge in [0.2, 0.25) is 0 Å². The lowest BCUT2D eigenvalue weighted by molar-refractivity contribution is 0.427. The maximum Gasteiger partial charge on any atom is 0.0989 e. The van der Waals surface area contributed by atoms with E-state index in [9.17, 15) is 0 Å². The van der Waals surface area contributed by atoms with Gasteiger partial charge in [0.25, 0.3) is 0 Å². The number of nitrogens with zero attached hydrogens (tertiary/aromatic N) is 3. The van der Waals surface area contributed by atoms with Crippen molar-refractivity contribution in [1.82, 2.24) is 9.88 Å². The fraction of sp³-hybridized carbons (Fsp3) is 0.500. The van der Waals surface area contributed by atoms with Crippen molar-refractivity contribution in [2.75, 3.05) is 19.6 Å². The van der Waals surface area contributed by atoms with Crippen LogP contribution in [0.25, 0.3) is 0 Å². The van der Waals surface area contributed by atoms with Gasteiger partial charge in [-0.3, -0.25) is 9.98 Å². The number of hydrogen-bond acceptors (Lipinski definition) is 3. The molecule has 1 saturated heterocycles. The lowest BCUT2D eigenvalue weighted by Crippen LogP contribution is -2.29. The van der Waals surface area contributed by atoms with E-state index in [-0.39, 0.29) is 0 Å². The molecule has 0 atom stereocenters. The minimum absolute atomic E-state index is 1.08. The standard InChI is InChI=1S/C7H12N2.C5H5N/c1-3-7-8-4-2-6-9(7)5-1;1-2-4-6-5-3-1/h1-6H2;1-5H. The lowest BCUT2D eigenvalue weighted by atomic mass is 10.3. The van der Waals surface area contributed by atoms with Crippen molar-refractivity contribution < 1.29 is 0 Å². The van der Waals surface area contributed by atoms with Gasteiger partial charge in [0.05, 0.1) is 5.84 Å². The lowest BCUT2D eigenvalue weighted by Gasteiger charge is -2.21. The zero-order chi connectivity index (χ0) is 10.3. The van der Waals surface area contributed by atoms with Gasteiger partial charge in [-0.05, 0) is 25.0 Å². The largest absolute Gasteiger partial charge is 0.360 e. The summed E-state index contributed by atoms with van der Waals surface area (Å²) in [5.74, 6) is 1.38. The van der Waals surface area contributed by atoms with Crippen LogP contribution in [0.15, 0.2) is 35.6 Å². The highest BCUT2D eigenvalue weighted by atomic mass is 15.2. The normalized spacial score (nSPS) is 18.7. The molecule has 2 aliphatic heterocycles. The molecule has 0 amide bonds. The van der Waals surface area contributed by atoms with Gasteiger partial charge in [0.1, 0.15) is 0 Å². The Balaban J connectivity index is 0.000000124. The van der Waals surface area contributed by atoms with Crippen molar-refractivity contribution in [1.29, 1.82) is 0 Å². The van der Waals surface area contributed by atoms with Crippen LogP contribution in [-0.2, 0) is 0 Å². The Morgan fingerprint density at radius 1 is 1.00 bits per heavy atom. The number of aromatic nitrogens is 1. The molecule has 0 saturated carbocycles. The van der Waals surface area contributed by atoms with Crippen LogP contribution in [0, 0.1) is 0 Å². The maximum absolute atomic E-state index is 4.43. The van der Waals surface area contributed by atoms with E-state index in [1.807, 2.05) is 18.2 Å². The van der Waals surface area contributed by atoms with Crippen LogP contribution in [0.5, 0.6) is 0 Å². The van der Waals surface area contributed by atoms with Crippen LogP contribution in [0.3, 0.4) is 0 Å². The SMILES string of the molecule is C1CN=C2CCCN2C1.c1ccncc1. The highest BCUT2D eigenvalue weighted by Gasteiger charge is 2.19. The molecule has 0 N–H and O–H groups in total. The van der Waals surface area contributed by atoms with Crippen LogP contribution < -0.4 is 0 Å². The first kappa shape index (κ1) is 10.1. The van der Waals surface area contributed by atoms with Crippen LogP contribution in [0.1, 0.15) is 19.3 Å². The Hall–Kier alpha value is -1.38. The molecule has 0 aromatic carbocycles. The van der Waals surface area contributed by atoms with Crippen molar-refractivity contribution in [3.05, 3.63) is 30.6 Å². The number of fused-ring (bicyclic) bond motifs is 1. The Morgan fingerprint density at radius 3 is 2.40 bits per heavy atom. The minimum atomic E-state index is 1.08. The van der Waals surface area contributed by atoms with E-state index >= 15 is 0 Å². The molecule has 15 heavy (non-hydrogen) atoms. The summed E-state index contributed by atoms with van der Waals surface area (Å²) < 4.78 is 0. The number of aliphatic imine (C=N–C) groups is 1. The van der Waals surface area contributed by atoms with E-state index < -0.39 is 0 Å². The topological polar surface area (TPSA) is 28.5 Å². The molecule has 3 heteroatoms. The first-order chi connectivity index (χ1) is 7.47. The Morgan fingerprint density at radius 2 is 1.80 bits per heavy atom. The minimum Gasteiger partial charge on any atom is -0.360 e. The molecule has 1 fully saturated rings. The summed E-state index contributed by atoms with van der Waals surface area (Å²) in [7, 11) is 0. The first-order valence-corrected chi connectivity index (χ1v) is 5.60. The number of pyridine rings is 1. The average molecular weight is 203 g/mol. The molecule has 0 bridgehead atoms. The Bertz CT molecular complexity index is 281. The third-order valence-electron chi connectivity index (χ3n) is 2.64. The zero-order valence-corrected chi connectivity index (χ0v) is 8.97. The zero-order valence-electron chi connectivity index (χ0n) is 8.97. The van der Waals surface area contributed by atoms with Crippen molar-refractivity contribution in [2.24, 2.45) is 4.99 Å². The monoisotopic (exact) mass is 203 g/mol. The van der Waals surface area contributed by atoms with Crippen LogP contribution in [0.4, 0.5) is 0 Å². The van der Waals surface area contributed by atoms with Crippen molar-refractivity contribution in [3.63, 3.8) is 0 Å². The van der Waals surface area contributed by atoms with Gasteiger partial charge in [-0.25, -0.2) is 0 Å². The van der Waals surface area contributed by atoms with E-state index in [1.165, 1.54) is 38.2 Å². The van der Waals surface area contributed by atoms with Crippen LogP contribution in [0.2, 0.25) is 0 Å².